The molecule has 0 fully saturated rings. The highest BCUT2D eigenvalue weighted by molar-refractivity contribution is 6.13. The molecule has 2 heterocycles. The van der Waals surface area contributed by atoms with Crippen LogP contribution < -0.4 is 0 Å². The number of aromatic nitrogens is 1. The van der Waals surface area contributed by atoms with Crippen LogP contribution in [0.1, 0.15) is 11.1 Å². The molecule has 0 saturated carbocycles. The van der Waals surface area contributed by atoms with Crippen molar-refractivity contribution < 1.29 is 4.42 Å². The Morgan fingerprint density at radius 2 is 1.21 bits per heavy atom. The smallest absolute Gasteiger partial charge is 0.143 e. The molecule has 47 heavy (non-hydrogen) atoms. The van der Waals surface area contributed by atoms with Crippen LogP contribution in [0.3, 0.4) is 0 Å². The van der Waals surface area contributed by atoms with Gasteiger partial charge in [-0.1, -0.05) is 127 Å². The van der Waals surface area contributed by atoms with Gasteiger partial charge in [0.1, 0.15) is 11.2 Å². The van der Waals surface area contributed by atoms with Gasteiger partial charge in [-0.3, -0.25) is 4.99 Å². The number of fused-ring (bicyclic) bond motifs is 6. The van der Waals surface area contributed by atoms with Gasteiger partial charge >= 0.3 is 0 Å². The molecule has 9 aromatic rings. The summed E-state index contributed by atoms with van der Waals surface area (Å²) in [5, 5.41) is 4.72. The summed E-state index contributed by atoms with van der Waals surface area (Å²) < 4.78 is 8.79. The Bertz CT molecular complexity index is 2600. The highest BCUT2D eigenvalue weighted by Crippen LogP contribution is 2.39. The maximum atomic E-state index is 6.41. The van der Waals surface area contributed by atoms with Crippen LogP contribution in [0, 0.1) is 0 Å². The molecular formula is C44H30N2O. The molecule has 2 aromatic heterocycles. The van der Waals surface area contributed by atoms with Crippen molar-refractivity contribution in [3.8, 4) is 27.9 Å². The number of aliphatic imine (C=N–C) groups is 1. The third-order valence-corrected chi connectivity index (χ3v) is 9.11. The van der Waals surface area contributed by atoms with E-state index < -0.39 is 0 Å². The second kappa shape index (κ2) is 11.3. The van der Waals surface area contributed by atoms with Crippen LogP contribution in [0.5, 0.6) is 0 Å². The third kappa shape index (κ3) is 4.72. The van der Waals surface area contributed by atoms with Crippen molar-refractivity contribution in [3.05, 3.63) is 175 Å². The monoisotopic (exact) mass is 602 g/mol. The Labute approximate surface area is 272 Å². The molecule has 3 nitrogen and oxygen atoms in total. The van der Waals surface area contributed by atoms with Gasteiger partial charge in [-0.05, 0) is 58.7 Å². The van der Waals surface area contributed by atoms with E-state index in [2.05, 4.69) is 150 Å². The molecule has 0 amide bonds. The lowest BCUT2D eigenvalue weighted by Crippen LogP contribution is -1.95. The maximum Gasteiger partial charge on any atom is 0.143 e. The molecule has 0 aliphatic rings. The van der Waals surface area contributed by atoms with E-state index in [-0.39, 0.29) is 0 Å². The summed E-state index contributed by atoms with van der Waals surface area (Å²) in [6, 6.07) is 57.9. The molecular weight excluding hydrogens is 572 g/mol. The minimum absolute atomic E-state index is 0.656. The van der Waals surface area contributed by atoms with Crippen molar-refractivity contribution >= 4 is 50.0 Å². The minimum atomic E-state index is 0.656. The van der Waals surface area contributed by atoms with Crippen molar-refractivity contribution in [1.82, 2.24) is 4.57 Å². The van der Waals surface area contributed by atoms with E-state index >= 15 is 0 Å². The number of para-hydroxylation sites is 3. The predicted octanol–water partition coefficient (Wildman–Crippen LogP) is 11.6. The molecule has 9 rings (SSSR count). The van der Waals surface area contributed by atoms with Crippen LogP contribution in [0.2, 0.25) is 0 Å². The summed E-state index contributed by atoms with van der Waals surface area (Å²) in [4.78, 5) is 4.78. The SMILES string of the molecule is C(=NCc1ccccc1)c1ccccc1-c1cccc(-n2c3ccccc3c3cc(-c4cccc5c4oc4ccccc45)ccc32)c1. The zero-order valence-electron chi connectivity index (χ0n) is 25.7. The Kier molecular flexibility index (Phi) is 6.53. The first kappa shape index (κ1) is 27.1. The second-order valence-electron chi connectivity index (χ2n) is 12.0. The molecule has 0 unspecified atom stereocenters. The summed E-state index contributed by atoms with van der Waals surface area (Å²) in [6.07, 6.45) is 2.00. The van der Waals surface area contributed by atoms with E-state index in [9.17, 15) is 0 Å². The van der Waals surface area contributed by atoms with Gasteiger partial charge in [0.2, 0.25) is 0 Å². The standard InChI is InChI=1S/C44H30N2O/c1-2-12-30(13-3-1)28-45-29-33-14-4-5-17-35(33)31-15-10-16-34(26-31)46-41-22-8-6-18-37(41)40-27-32(24-25-42(40)46)36-20-11-21-39-38-19-7-9-23-43(38)47-44(36)39/h1-27,29H,28H2. The van der Waals surface area contributed by atoms with Gasteiger partial charge < -0.3 is 8.98 Å². The summed E-state index contributed by atoms with van der Waals surface area (Å²) >= 11 is 0. The normalized spacial score (nSPS) is 11.8. The topological polar surface area (TPSA) is 30.4 Å². The van der Waals surface area contributed by atoms with E-state index in [0.29, 0.717) is 6.54 Å². The maximum absolute atomic E-state index is 6.41. The van der Waals surface area contributed by atoms with Crippen molar-refractivity contribution in [2.24, 2.45) is 4.99 Å². The van der Waals surface area contributed by atoms with Crippen molar-refractivity contribution in [2.75, 3.05) is 0 Å². The van der Waals surface area contributed by atoms with Gasteiger partial charge in [-0.2, -0.15) is 0 Å². The first-order valence-electron chi connectivity index (χ1n) is 16.0. The van der Waals surface area contributed by atoms with E-state index in [0.717, 1.165) is 55.4 Å². The Balaban J connectivity index is 1.15. The van der Waals surface area contributed by atoms with E-state index in [1.54, 1.807) is 0 Å². The highest BCUT2D eigenvalue weighted by Gasteiger charge is 2.16. The fourth-order valence-corrected chi connectivity index (χ4v) is 6.91. The Hall–Kier alpha value is -6.19. The van der Waals surface area contributed by atoms with Crippen molar-refractivity contribution in [3.63, 3.8) is 0 Å². The number of benzene rings is 7. The number of hydrogen-bond donors (Lipinski definition) is 0. The molecule has 0 aliphatic carbocycles. The molecule has 222 valence electrons. The van der Waals surface area contributed by atoms with Crippen molar-refractivity contribution in [1.29, 1.82) is 0 Å². The van der Waals surface area contributed by atoms with Gasteiger partial charge in [0, 0.05) is 44.6 Å². The van der Waals surface area contributed by atoms with Crippen LogP contribution in [-0.2, 0) is 6.54 Å². The van der Waals surface area contributed by atoms with Crippen LogP contribution in [0.25, 0.3) is 71.7 Å². The predicted molar refractivity (Wildman–Crippen MR) is 197 cm³/mol. The summed E-state index contributed by atoms with van der Waals surface area (Å²) in [5.41, 5.74) is 12.2. The molecule has 0 atom stereocenters. The lowest BCUT2D eigenvalue weighted by atomic mass is 9.99. The van der Waals surface area contributed by atoms with E-state index in [1.807, 2.05) is 24.4 Å². The second-order valence-corrected chi connectivity index (χ2v) is 12.0. The molecule has 0 aliphatic heterocycles. The van der Waals surface area contributed by atoms with Gasteiger partial charge in [0.05, 0.1) is 17.6 Å². The molecule has 0 spiro atoms. The number of furan rings is 1. The molecule has 0 bridgehead atoms. The van der Waals surface area contributed by atoms with E-state index in [1.165, 1.54) is 27.4 Å². The van der Waals surface area contributed by atoms with Crippen LogP contribution in [0.4, 0.5) is 0 Å². The van der Waals surface area contributed by atoms with E-state index in [4.69, 9.17) is 9.41 Å². The molecule has 3 heteroatoms. The molecule has 0 saturated heterocycles. The zero-order chi connectivity index (χ0) is 31.2. The Morgan fingerprint density at radius 1 is 0.511 bits per heavy atom. The number of rotatable bonds is 6. The average Bonchev–Trinajstić information content (AvgIpc) is 3.68. The average molecular weight is 603 g/mol. The molecule has 0 radical (unpaired) electrons. The van der Waals surface area contributed by atoms with Crippen LogP contribution >= 0.6 is 0 Å². The molecule has 0 N–H and O–H groups in total. The number of nitrogens with zero attached hydrogens (tertiary/aromatic N) is 2. The minimum Gasteiger partial charge on any atom is -0.455 e. The fourth-order valence-electron chi connectivity index (χ4n) is 6.91. The van der Waals surface area contributed by atoms with Gasteiger partial charge in [-0.25, -0.2) is 0 Å². The summed E-state index contributed by atoms with van der Waals surface area (Å²) in [5.74, 6) is 0. The van der Waals surface area contributed by atoms with Gasteiger partial charge in [0.25, 0.3) is 0 Å². The Morgan fingerprint density at radius 3 is 2.15 bits per heavy atom. The quantitative estimate of drug-likeness (QED) is 0.174. The first-order chi connectivity index (χ1) is 23.3. The molecule has 7 aromatic carbocycles. The first-order valence-corrected chi connectivity index (χ1v) is 16.0. The number of hydrogen-bond acceptors (Lipinski definition) is 2. The summed E-state index contributed by atoms with van der Waals surface area (Å²) in [7, 11) is 0. The third-order valence-electron chi connectivity index (χ3n) is 9.11. The fraction of sp³-hybridized carbons (Fsp3) is 0.0227. The van der Waals surface area contributed by atoms with Crippen LogP contribution in [-0.4, -0.2) is 10.8 Å². The highest BCUT2D eigenvalue weighted by atomic mass is 16.3. The lowest BCUT2D eigenvalue weighted by Gasteiger charge is -2.12. The van der Waals surface area contributed by atoms with Gasteiger partial charge in [0.15, 0.2) is 0 Å². The lowest BCUT2D eigenvalue weighted by molar-refractivity contribution is 0.670. The van der Waals surface area contributed by atoms with Gasteiger partial charge in [-0.15, -0.1) is 0 Å². The largest absolute Gasteiger partial charge is 0.455 e. The summed E-state index contributed by atoms with van der Waals surface area (Å²) in [6.45, 7) is 0.656. The zero-order valence-corrected chi connectivity index (χ0v) is 25.7. The van der Waals surface area contributed by atoms with Crippen LogP contribution in [0.15, 0.2) is 173 Å². The van der Waals surface area contributed by atoms with Crippen molar-refractivity contribution in [2.45, 2.75) is 6.54 Å².